The molecule has 0 spiro atoms. The van der Waals surface area contributed by atoms with Gasteiger partial charge in [-0.1, -0.05) is 23.2 Å². The fourth-order valence-corrected chi connectivity index (χ4v) is 2.00. The van der Waals surface area contributed by atoms with Crippen molar-refractivity contribution in [2.24, 2.45) is 0 Å². The van der Waals surface area contributed by atoms with Gasteiger partial charge in [0, 0.05) is 10.0 Å². The van der Waals surface area contributed by atoms with Gasteiger partial charge in [0.2, 0.25) is 0 Å². The minimum absolute atomic E-state index is 0.182. The first kappa shape index (κ1) is 12.7. The molecule has 6 heteroatoms. The van der Waals surface area contributed by atoms with Crippen LogP contribution in [0.4, 0.5) is 4.39 Å². The van der Waals surface area contributed by atoms with E-state index in [-0.39, 0.29) is 10.8 Å². The molecule has 1 aromatic heterocycles. The summed E-state index contributed by atoms with van der Waals surface area (Å²) in [6, 6.07) is 5.21. The van der Waals surface area contributed by atoms with E-state index in [1.165, 1.54) is 6.92 Å². The summed E-state index contributed by atoms with van der Waals surface area (Å²) in [5, 5.41) is 0.400. The second kappa shape index (κ2) is 4.88. The Morgan fingerprint density at radius 1 is 1.24 bits per heavy atom. The third-order valence-corrected chi connectivity index (χ3v) is 3.62. The summed E-state index contributed by atoms with van der Waals surface area (Å²) in [5.74, 6) is -0.227. The van der Waals surface area contributed by atoms with Gasteiger partial charge in [0.15, 0.2) is 16.8 Å². The predicted molar refractivity (Wildman–Crippen MR) is 69.9 cm³/mol. The fourth-order valence-electron chi connectivity index (χ4n) is 1.29. The quantitative estimate of drug-likeness (QED) is 0.708. The summed E-state index contributed by atoms with van der Waals surface area (Å²) < 4.78 is 14.0. The zero-order chi connectivity index (χ0) is 12.6. The largest absolute Gasteiger partial charge is 0.230 e. The Balaban J connectivity index is 2.57. The molecule has 0 saturated heterocycles. The van der Waals surface area contributed by atoms with E-state index in [9.17, 15) is 4.39 Å². The highest BCUT2D eigenvalue weighted by atomic mass is 79.9. The van der Waals surface area contributed by atoms with Crippen molar-refractivity contribution in [1.82, 2.24) is 9.97 Å². The van der Waals surface area contributed by atoms with Crippen LogP contribution in [0.25, 0.3) is 11.4 Å². The number of benzene rings is 1. The molecule has 2 aromatic rings. The maximum Gasteiger partial charge on any atom is 0.181 e. The number of hydrogen-bond acceptors (Lipinski definition) is 2. The second-order valence-electron chi connectivity index (χ2n) is 3.37. The van der Waals surface area contributed by atoms with E-state index in [0.29, 0.717) is 16.4 Å². The molecular weight excluding hydrogens is 330 g/mol. The standard InChI is InChI=1S/C11H6BrCl2FN2/c1-5-9(15)10(14)17-11(16-5)6-2-3-8(13)7(12)4-6/h2-4H,1H3. The molecule has 0 radical (unpaired) electrons. The molecule has 0 bridgehead atoms. The van der Waals surface area contributed by atoms with Gasteiger partial charge in [-0.05, 0) is 41.1 Å². The normalized spacial score (nSPS) is 10.6. The Labute approximate surface area is 116 Å². The highest BCUT2D eigenvalue weighted by Gasteiger charge is 2.11. The average molecular weight is 336 g/mol. The van der Waals surface area contributed by atoms with Crippen LogP contribution in [0.1, 0.15) is 5.69 Å². The Bertz CT molecular complexity index is 567. The third-order valence-electron chi connectivity index (χ3n) is 2.15. The lowest BCUT2D eigenvalue weighted by atomic mass is 10.2. The maximum absolute atomic E-state index is 13.3. The molecule has 0 saturated carbocycles. The first-order valence-corrected chi connectivity index (χ1v) is 6.19. The molecule has 0 aliphatic rings. The topological polar surface area (TPSA) is 25.8 Å². The monoisotopic (exact) mass is 334 g/mol. The van der Waals surface area contributed by atoms with E-state index in [1.54, 1.807) is 18.2 Å². The van der Waals surface area contributed by atoms with Gasteiger partial charge in [-0.15, -0.1) is 0 Å². The molecule has 0 unspecified atom stereocenters. The van der Waals surface area contributed by atoms with Crippen LogP contribution in [0.2, 0.25) is 10.2 Å². The van der Waals surface area contributed by atoms with E-state index in [0.717, 1.165) is 4.47 Å². The minimum atomic E-state index is -0.594. The molecule has 0 aliphatic heterocycles. The summed E-state index contributed by atoms with van der Waals surface area (Å²) >= 11 is 14.9. The number of rotatable bonds is 1. The van der Waals surface area contributed by atoms with Crippen LogP contribution in [0, 0.1) is 12.7 Å². The summed E-state index contributed by atoms with van der Waals surface area (Å²) in [6.45, 7) is 1.54. The van der Waals surface area contributed by atoms with Gasteiger partial charge in [-0.3, -0.25) is 0 Å². The summed E-state index contributed by atoms with van der Waals surface area (Å²) in [7, 11) is 0. The molecule has 1 heterocycles. The smallest absolute Gasteiger partial charge is 0.181 e. The van der Waals surface area contributed by atoms with Crippen LogP contribution in [-0.4, -0.2) is 9.97 Å². The zero-order valence-electron chi connectivity index (χ0n) is 8.64. The van der Waals surface area contributed by atoms with Crippen molar-refractivity contribution in [2.45, 2.75) is 6.92 Å². The lowest BCUT2D eigenvalue weighted by Crippen LogP contribution is -1.97. The minimum Gasteiger partial charge on any atom is -0.230 e. The van der Waals surface area contributed by atoms with Gasteiger partial charge >= 0.3 is 0 Å². The SMILES string of the molecule is Cc1nc(-c2ccc(Cl)c(Br)c2)nc(Cl)c1F. The molecule has 0 fully saturated rings. The predicted octanol–water partition coefficient (Wildman–Crippen LogP) is 4.66. The van der Waals surface area contributed by atoms with Crippen molar-refractivity contribution in [3.8, 4) is 11.4 Å². The highest BCUT2D eigenvalue weighted by Crippen LogP contribution is 2.28. The summed E-state index contributed by atoms with van der Waals surface area (Å²) in [6.07, 6.45) is 0. The molecule has 17 heavy (non-hydrogen) atoms. The number of aryl methyl sites for hydroxylation is 1. The Morgan fingerprint density at radius 2 is 1.94 bits per heavy atom. The molecule has 88 valence electrons. The zero-order valence-corrected chi connectivity index (χ0v) is 11.7. The van der Waals surface area contributed by atoms with Crippen molar-refractivity contribution in [3.05, 3.63) is 44.4 Å². The summed E-state index contributed by atoms with van der Waals surface area (Å²) in [5.41, 5.74) is 0.928. The molecule has 0 aliphatic carbocycles. The number of nitrogens with zero attached hydrogens (tertiary/aromatic N) is 2. The fraction of sp³-hybridized carbons (Fsp3) is 0.0909. The molecule has 2 rings (SSSR count). The summed E-state index contributed by atoms with van der Waals surface area (Å²) in [4.78, 5) is 7.93. The highest BCUT2D eigenvalue weighted by molar-refractivity contribution is 9.10. The van der Waals surface area contributed by atoms with Gasteiger partial charge in [0.05, 0.1) is 10.7 Å². The van der Waals surface area contributed by atoms with E-state index in [2.05, 4.69) is 25.9 Å². The van der Waals surface area contributed by atoms with Crippen molar-refractivity contribution in [2.75, 3.05) is 0 Å². The van der Waals surface area contributed by atoms with E-state index in [1.807, 2.05) is 0 Å². The van der Waals surface area contributed by atoms with Gasteiger partial charge in [0.1, 0.15) is 0 Å². The number of aromatic nitrogens is 2. The van der Waals surface area contributed by atoms with Crippen LogP contribution < -0.4 is 0 Å². The van der Waals surface area contributed by atoms with Gasteiger partial charge < -0.3 is 0 Å². The second-order valence-corrected chi connectivity index (χ2v) is 4.99. The Kier molecular flexibility index (Phi) is 3.66. The van der Waals surface area contributed by atoms with Gasteiger partial charge in [0.25, 0.3) is 0 Å². The van der Waals surface area contributed by atoms with Gasteiger partial charge in [-0.25, -0.2) is 14.4 Å². The first-order chi connectivity index (χ1) is 7.99. The molecule has 1 aromatic carbocycles. The molecule has 0 N–H and O–H groups in total. The number of hydrogen-bond donors (Lipinski definition) is 0. The molecule has 0 atom stereocenters. The van der Waals surface area contributed by atoms with Crippen LogP contribution in [-0.2, 0) is 0 Å². The van der Waals surface area contributed by atoms with Crippen LogP contribution >= 0.6 is 39.1 Å². The van der Waals surface area contributed by atoms with Crippen LogP contribution in [0.3, 0.4) is 0 Å². The van der Waals surface area contributed by atoms with Crippen molar-refractivity contribution < 1.29 is 4.39 Å². The van der Waals surface area contributed by atoms with Gasteiger partial charge in [-0.2, -0.15) is 0 Å². The van der Waals surface area contributed by atoms with E-state index in [4.69, 9.17) is 23.2 Å². The van der Waals surface area contributed by atoms with Crippen molar-refractivity contribution >= 4 is 39.1 Å². The molecular formula is C11H6BrCl2FN2. The lowest BCUT2D eigenvalue weighted by Gasteiger charge is -2.05. The van der Waals surface area contributed by atoms with Crippen LogP contribution in [0.5, 0.6) is 0 Å². The van der Waals surface area contributed by atoms with Crippen LogP contribution in [0.15, 0.2) is 22.7 Å². The Hall–Kier alpha value is -0.710. The van der Waals surface area contributed by atoms with E-state index < -0.39 is 5.82 Å². The first-order valence-electron chi connectivity index (χ1n) is 4.64. The number of halogens is 4. The maximum atomic E-state index is 13.3. The molecule has 2 nitrogen and oxygen atoms in total. The van der Waals surface area contributed by atoms with Crippen molar-refractivity contribution in [3.63, 3.8) is 0 Å². The van der Waals surface area contributed by atoms with E-state index >= 15 is 0 Å². The average Bonchev–Trinajstić information content (AvgIpc) is 2.29. The van der Waals surface area contributed by atoms with Crippen molar-refractivity contribution in [1.29, 1.82) is 0 Å². The Morgan fingerprint density at radius 3 is 2.53 bits per heavy atom. The lowest BCUT2D eigenvalue weighted by molar-refractivity contribution is 0.603. The molecule has 0 amide bonds. The third kappa shape index (κ3) is 2.59.